The number of fused-ring (bicyclic) bond motifs is 2. The van der Waals surface area contributed by atoms with E-state index in [4.69, 9.17) is 0 Å². The van der Waals surface area contributed by atoms with Crippen LogP contribution in [0.2, 0.25) is 0 Å². The van der Waals surface area contributed by atoms with Crippen molar-refractivity contribution in [3.8, 4) is 6.07 Å². The van der Waals surface area contributed by atoms with Gasteiger partial charge in [0.2, 0.25) is 0 Å². The summed E-state index contributed by atoms with van der Waals surface area (Å²) in [6.45, 7) is 0. The van der Waals surface area contributed by atoms with E-state index in [1.54, 1.807) is 0 Å². The van der Waals surface area contributed by atoms with Crippen molar-refractivity contribution in [2.45, 2.75) is 62.4 Å². The lowest BCUT2D eigenvalue weighted by Gasteiger charge is -2.39. The number of benzene rings is 1. The van der Waals surface area contributed by atoms with Crippen molar-refractivity contribution in [2.75, 3.05) is 0 Å². The minimum absolute atomic E-state index is 0.174. The predicted octanol–water partition coefficient (Wildman–Crippen LogP) is 3.35. The number of piperidine rings is 2. The van der Waals surface area contributed by atoms with Crippen molar-refractivity contribution in [1.29, 1.82) is 5.26 Å². The van der Waals surface area contributed by atoms with Crippen molar-refractivity contribution in [1.82, 2.24) is 5.32 Å². The van der Waals surface area contributed by atoms with Gasteiger partial charge in [0.1, 0.15) is 0 Å². The highest BCUT2D eigenvalue weighted by Crippen LogP contribution is 2.47. The van der Waals surface area contributed by atoms with Crippen molar-refractivity contribution in [3.63, 3.8) is 0 Å². The lowest BCUT2D eigenvalue weighted by molar-refractivity contribution is 0.0825. The Morgan fingerprint density at radius 3 is 2.32 bits per heavy atom. The Labute approximate surface area is 131 Å². The van der Waals surface area contributed by atoms with E-state index in [0.29, 0.717) is 17.9 Å². The predicted molar refractivity (Wildman–Crippen MR) is 84.6 cm³/mol. The highest BCUT2D eigenvalue weighted by Gasteiger charge is 2.44. The first-order valence-corrected chi connectivity index (χ1v) is 8.52. The molecule has 2 unspecified atom stereocenters. The van der Waals surface area contributed by atoms with Gasteiger partial charge in [0.25, 0.3) is 0 Å². The molecule has 2 bridgehead atoms. The normalized spacial score (nSPS) is 32.0. The summed E-state index contributed by atoms with van der Waals surface area (Å²) in [5.74, 6) is 0.472. The number of carbonyl (C=O) groups excluding carboxylic acids is 1. The second-order valence-electron chi connectivity index (χ2n) is 7.30. The second-order valence-corrected chi connectivity index (χ2v) is 7.30. The van der Waals surface area contributed by atoms with E-state index in [1.165, 1.54) is 19.3 Å². The maximum atomic E-state index is 12.8. The molecular formula is C19H22N2O. The lowest BCUT2D eigenvalue weighted by Crippen LogP contribution is -2.50. The van der Waals surface area contributed by atoms with E-state index in [0.717, 1.165) is 36.8 Å². The van der Waals surface area contributed by atoms with Gasteiger partial charge in [0.05, 0.1) is 11.5 Å². The second kappa shape index (κ2) is 5.21. The van der Waals surface area contributed by atoms with Crippen LogP contribution in [0, 0.1) is 17.2 Å². The molecule has 0 spiro atoms. The van der Waals surface area contributed by atoms with Crippen LogP contribution in [0.3, 0.4) is 0 Å². The molecule has 1 N–H and O–H groups in total. The zero-order valence-corrected chi connectivity index (χ0v) is 12.8. The lowest BCUT2D eigenvalue weighted by atomic mass is 9.77. The molecule has 3 nitrogen and oxygen atoms in total. The van der Waals surface area contributed by atoms with Gasteiger partial charge in [-0.05, 0) is 44.1 Å². The van der Waals surface area contributed by atoms with Crippen LogP contribution in [-0.4, -0.2) is 17.9 Å². The zero-order chi connectivity index (χ0) is 15.2. The number of carbonyl (C=O) groups is 1. The van der Waals surface area contributed by atoms with Gasteiger partial charge in [-0.2, -0.15) is 5.26 Å². The average Bonchev–Trinajstić information content (AvgIpc) is 3.35. The van der Waals surface area contributed by atoms with Crippen LogP contribution in [0.1, 0.15) is 60.9 Å². The third kappa shape index (κ3) is 2.36. The largest absolute Gasteiger partial charge is 0.311 e. The summed E-state index contributed by atoms with van der Waals surface area (Å²) in [6, 6.07) is 11.3. The summed E-state index contributed by atoms with van der Waals surface area (Å²) >= 11 is 0. The van der Waals surface area contributed by atoms with Crippen LogP contribution in [-0.2, 0) is 5.41 Å². The molecule has 1 aromatic rings. The maximum absolute atomic E-state index is 12.8. The van der Waals surface area contributed by atoms with Gasteiger partial charge >= 0.3 is 0 Å². The van der Waals surface area contributed by atoms with Crippen molar-refractivity contribution in [3.05, 3.63) is 35.4 Å². The summed E-state index contributed by atoms with van der Waals surface area (Å²) < 4.78 is 0. The highest BCUT2D eigenvalue weighted by atomic mass is 16.1. The Morgan fingerprint density at radius 2 is 1.77 bits per heavy atom. The molecule has 2 heterocycles. The number of hydrogen-bond acceptors (Lipinski definition) is 3. The Kier molecular flexibility index (Phi) is 3.31. The smallest absolute Gasteiger partial charge is 0.166 e. The molecule has 22 heavy (non-hydrogen) atoms. The van der Waals surface area contributed by atoms with Crippen LogP contribution in [0.5, 0.6) is 0 Å². The molecule has 3 heteroatoms. The SMILES string of the molecule is N#CC1(c2ccc(C(=O)C3CC4CCCC(C3)N4)cc2)CC1. The van der Waals surface area contributed by atoms with Crippen LogP contribution < -0.4 is 5.32 Å². The minimum atomic E-state index is -0.257. The van der Waals surface area contributed by atoms with Gasteiger partial charge in [0, 0.05) is 23.6 Å². The number of nitrogens with one attached hydrogen (secondary N) is 1. The summed E-state index contributed by atoms with van der Waals surface area (Å²) in [5.41, 5.74) is 1.64. The molecule has 3 fully saturated rings. The molecule has 2 atom stereocenters. The zero-order valence-electron chi connectivity index (χ0n) is 12.8. The van der Waals surface area contributed by atoms with E-state index in [9.17, 15) is 10.1 Å². The minimum Gasteiger partial charge on any atom is -0.311 e. The van der Waals surface area contributed by atoms with E-state index < -0.39 is 0 Å². The van der Waals surface area contributed by atoms with Gasteiger partial charge in [-0.3, -0.25) is 4.79 Å². The first-order valence-electron chi connectivity index (χ1n) is 8.52. The van der Waals surface area contributed by atoms with Crippen molar-refractivity contribution in [2.24, 2.45) is 5.92 Å². The van der Waals surface area contributed by atoms with Crippen LogP contribution in [0.25, 0.3) is 0 Å². The molecular weight excluding hydrogens is 272 g/mol. The molecule has 2 aliphatic heterocycles. The Bertz CT molecular complexity index is 612. The Hall–Kier alpha value is -1.66. The van der Waals surface area contributed by atoms with Crippen molar-refractivity contribution >= 4 is 5.78 Å². The molecule has 2 saturated heterocycles. The fourth-order valence-corrected chi connectivity index (χ4v) is 4.26. The summed E-state index contributed by atoms with van der Waals surface area (Å²) in [6.07, 6.45) is 7.60. The van der Waals surface area contributed by atoms with Gasteiger partial charge in [-0.1, -0.05) is 30.7 Å². The third-order valence-corrected chi connectivity index (χ3v) is 5.77. The molecule has 1 aromatic carbocycles. The number of nitrogens with zero attached hydrogens (tertiary/aromatic N) is 1. The van der Waals surface area contributed by atoms with E-state index in [1.807, 2.05) is 24.3 Å². The highest BCUT2D eigenvalue weighted by molar-refractivity contribution is 5.98. The van der Waals surface area contributed by atoms with Crippen LogP contribution in [0.15, 0.2) is 24.3 Å². The van der Waals surface area contributed by atoms with Gasteiger partial charge in [-0.15, -0.1) is 0 Å². The van der Waals surface area contributed by atoms with Crippen LogP contribution >= 0.6 is 0 Å². The fourth-order valence-electron chi connectivity index (χ4n) is 4.26. The van der Waals surface area contributed by atoms with E-state index in [2.05, 4.69) is 11.4 Å². The summed E-state index contributed by atoms with van der Waals surface area (Å²) in [5, 5.41) is 12.9. The van der Waals surface area contributed by atoms with Crippen LogP contribution in [0.4, 0.5) is 0 Å². The molecule has 4 rings (SSSR count). The summed E-state index contributed by atoms with van der Waals surface area (Å²) in [4.78, 5) is 12.8. The van der Waals surface area contributed by atoms with Gasteiger partial charge in [-0.25, -0.2) is 0 Å². The Morgan fingerprint density at radius 1 is 1.14 bits per heavy atom. The number of hydrogen-bond donors (Lipinski definition) is 1. The molecule has 0 amide bonds. The van der Waals surface area contributed by atoms with Crippen molar-refractivity contribution < 1.29 is 4.79 Å². The van der Waals surface area contributed by atoms with E-state index in [-0.39, 0.29) is 11.3 Å². The Balaban J connectivity index is 1.50. The molecule has 114 valence electrons. The first kappa shape index (κ1) is 14.0. The number of rotatable bonds is 3. The number of nitriles is 1. The average molecular weight is 294 g/mol. The molecule has 3 aliphatic rings. The van der Waals surface area contributed by atoms with Gasteiger partial charge < -0.3 is 5.32 Å². The molecule has 1 aliphatic carbocycles. The monoisotopic (exact) mass is 294 g/mol. The molecule has 0 aromatic heterocycles. The van der Waals surface area contributed by atoms with E-state index >= 15 is 0 Å². The number of Topliss-reactive ketones (excluding diaryl/α,β-unsaturated/α-hetero) is 1. The quantitative estimate of drug-likeness (QED) is 0.870. The third-order valence-electron chi connectivity index (χ3n) is 5.77. The summed E-state index contributed by atoms with van der Waals surface area (Å²) in [7, 11) is 0. The maximum Gasteiger partial charge on any atom is 0.166 e. The standard InChI is InChI=1S/C19H22N2O/c20-12-19(8-9-19)15-6-4-13(5-7-15)18(22)14-10-16-2-1-3-17(11-14)21-16/h4-7,14,16-17,21H,1-3,8-11H2. The number of ketones is 1. The molecule has 0 radical (unpaired) electrons. The van der Waals surface area contributed by atoms with Gasteiger partial charge in [0.15, 0.2) is 5.78 Å². The fraction of sp³-hybridized carbons (Fsp3) is 0.579. The first-order chi connectivity index (χ1) is 10.7. The topological polar surface area (TPSA) is 52.9 Å². The molecule has 1 saturated carbocycles.